The molecule has 0 radical (unpaired) electrons. The first kappa shape index (κ1) is 17.3. The van der Waals surface area contributed by atoms with E-state index in [1.54, 1.807) is 37.3 Å². The lowest BCUT2D eigenvalue weighted by Gasteiger charge is -2.17. The predicted octanol–water partition coefficient (Wildman–Crippen LogP) is 2.67. The van der Waals surface area contributed by atoms with Crippen LogP contribution in [-0.4, -0.2) is 39.7 Å². The molecule has 0 aliphatic rings. The summed E-state index contributed by atoms with van der Waals surface area (Å²) in [5.74, 6) is -2.68. The fourth-order valence-corrected chi connectivity index (χ4v) is 2.64. The fourth-order valence-electron chi connectivity index (χ4n) is 2.64. The second kappa shape index (κ2) is 6.44. The van der Waals surface area contributed by atoms with Crippen LogP contribution in [-0.2, 0) is 0 Å². The third-order valence-electron chi connectivity index (χ3n) is 4.18. The molecule has 134 valence electrons. The van der Waals surface area contributed by atoms with Crippen molar-refractivity contribution in [3.63, 3.8) is 0 Å². The van der Waals surface area contributed by atoms with Gasteiger partial charge in [0.25, 0.3) is 5.91 Å². The largest absolute Gasteiger partial charge is 0.507 e. The Morgan fingerprint density at radius 2 is 1.77 bits per heavy atom. The molecule has 0 saturated heterocycles. The molecule has 0 spiro atoms. The maximum absolute atomic E-state index is 12.6. The standard InChI is InChI=1S/C19H17NO6/c1-3-20(2)19(25)13-11(21)9-12-14(15(13)22)16(23)17(24)18(26-12)10-7-5-4-6-8-10/h4-9,21-22,24H,3H2,1-2H3. The van der Waals surface area contributed by atoms with Crippen molar-refractivity contribution in [3.05, 3.63) is 52.2 Å². The summed E-state index contributed by atoms with van der Waals surface area (Å²) in [4.78, 5) is 26.2. The molecule has 0 atom stereocenters. The van der Waals surface area contributed by atoms with Gasteiger partial charge in [-0.3, -0.25) is 9.59 Å². The van der Waals surface area contributed by atoms with Gasteiger partial charge in [0.05, 0.1) is 0 Å². The summed E-state index contributed by atoms with van der Waals surface area (Å²) >= 11 is 0. The summed E-state index contributed by atoms with van der Waals surface area (Å²) in [5, 5.41) is 30.5. The lowest BCUT2D eigenvalue weighted by atomic mass is 10.0. The van der Waals surface area contributed by atoms with Crippen molar-refractivity contribution in [2.45, 2.75) is 6.92 Å². The highest BCUT2D eigenvalue weighted by Gasteiger charge is 2.26. The van der Waals surface area contributed by atoms with Gasteiger partial charge in [0.1, 0.15) is 28.0 Å². The van der Waals surface area contributed by atoms with Crippen LogP contribution in [0.5, 0.6) is 17.2 Å². The number of carbonyl (C=O) groups excluding carboxylic acids is 1. The van der Waals surface area contributed by atoms with E-state index in [-0.39, 0.29) is 16.7 Å². The van der Waals surface area contributed by atoms with Crippen LogP contribution in [0.3, 0.4) is 0 Å². The van der Waals surface area contributed by atoms with Crippen molar-refractivity contribution in [3.8, 4) is 28.6 Å². The summed E-state index contributed by atoms with van der Waals surface area (Å²) in [7, 11) is 1.49. The first-order chi connectivity index (χ1) is 12.4. The van der Waals surface area contributed by atoms with Crippen molar-refractivity contribution in [1.82, 2.24) is 4.90 Å². The monoisotopic (exact) mass is 355 g/mol. The van der Waals surface area contributed by atoms with E-state index >= 15 is 0 Å². The Kier molecular flexibility index (Phi) is 4.29. The molecule has 0 unspecified atom stereocenters. The van der Waals surface area contributed by atoms with E-state index in [4.69, 9.17) is 4.42 Å². The number of rotatable bonds is 3. The number of benzene rings is 2. The van der Waals surface area contributed by atoms with Gasteiger partial charge in [0.15, 0.2) is 5.76 Å². The molecule has 7 nitrogen and oxygen atoms in total. The van der Waals surface area contributed by atoms with Crippen LogP contribution in [0.2, 0.25) is 0 Å². The Hall–Kier alpha value is -3.48. The van der Waals surface area contributed by atoms with Gasteiger partial charge < -0.3 is 24.6 Å². The SMILES string of the molecule is CCN(C)C(=O)c1c(O)cc2oc(-c3ccccc3)c(O)c(=O)c2c1O. The molecule has 1 aromatic heterocycles. The molecule has 2 aromatic carbocycles. The molecule has 26 heavy (non-hydrogen) atoms. The molecule has 0 bridgehead atoms. The average Bonchev–Trinajstić information content (AvgIpc) is 2.64. The van der Waals surface area contributed by atoms with Gasteiger partial charge in [-0.1, -0.05) is 30.3 Å². The Labute approximate surface area is 148 Å². The minimum Gasteiger partial charge on any atom is -0.507 e. The number of hydrogen-bond acceptors (Lipinski definition) is 6. The summed E-state index contributed by atoms with van der Waals surface area (Å²) in [6, 6.07) is 9.53. The van der Waals surface area contributed by atoms with Gasteiger partial charge in [-0.05, 0) is 6.92 Å². The van der Waals surface area contributed by atoms with E-state index in [0.29, 0.717) is 12.1 Å². The smallest absolute Gasteiger partial charge is 0.261 e. The van der Waals surface area contributed by atoms with Gasteiger partial charge >= 0.3 is 0 Å². The normalized spacial score (nSPS) is 10.8. The molecule has 7 heteroatoms. The molecule has 1 amide bonds. The number of nitrogens with zero attached hydrogens (tertiary/aromatic N) is 1. The molecule has 3 rings (SSSR count). The highest BCUT2D eigenvalue weighted by atomic mass is 16.4. The lowest BCUT2D eigenvalue weighted by Crippen LogP contribution is -2.26. The molecule has 0 saturated carbocycles. The number of fused-ring (bicyclic) bond motifs is 1. The third kappa shape index (κ3) is 2.63. The van der Waals surface area contributed by atoms with Crippen molar-refractivity contribution < 1.29 is 24.5 Å². The van der Waals surface area contributed by atoms with Crippen LogP contribution >= 0.6 is 0 Å². The molecule has 1 heterocycles. The summed E-state index contributed by atoms with van der Waals surface area (Å²) in [5.41, 5.74) is -0.997. The van der Waals surface area contributed by atoms with Crippen LogP contribution in [0.1, 0.15) is 17.3 Å². The number of aromatic hydroxyl groups is 3. The number of carbonyl (C=O) groups is 1. The summed E-state index contributed by atoms with van der Waals surface area (Å²) in [6.07, 6.45) is 0. The summed E-state index contributed by atoms with van der Waals surface area (Å²) < 4.78 is 5.55. The molecule has 3 N–H and O–H groups in total. The summed E-state index contributed by atoms with van der Waals surface area (Å²) in [6.45, 7) is 2.06. The lowest BCUT2D eigenvalue weighted by molar-refractivity contribution is 0.0796. The van der Waals surface area contributed by atoms with Crippen LogP contribution in [0, 0.1) is 0 Å². The van der Waals surface area contributed by atoms with E-state index in [0.717, 1.165) is 6.07 Å². The highest BCUT2D eigenvalue weighted by Crippen LogP contribution is 2.38. The molecule has 3 aromatic rings. The van der Waals surface area contributed by atoms with E-state index in [9.17, 15) is 24.9 Å². The Morgan fingerprint density at radius 3 is 2.38 bits per heavy atom. The predicted molar refractivity (Wildman–Crippen MR) is 95.5 cm³/mol. The van der Waals surface area contributed by atoms with Crippen LogP contribution in [0.15, 0.2) is 45.6 Å². The molecular formula is C19H17NO6. The Morgan fingerprint density at radius 1 is 1.12 bits per heavy atom. The number of amides is 1. The second-order valence-electron chi connectivity index (χ2n) is 5.79. The molecule has 0 fully saturated rings. The number of phenolic OH excluding ortho intramolecular Hbond substituents is 2. The van der Waals surface area contributed by atoms with Crippen molar-refractivity contribution >= 4 is 16.9 Å². The first-order valence-corrected chi connectivity index (χ1v) is 7.92. The Balaban J connectivity index is 2.33. The third-order valence-corrected chi connectivity index (χ3v) is 4.18. The van der Waals surface area contributed by atoms with Crippen LogP contribution in [0.4, 0.5) is 0 Å². The molecule has 0 aliphatic carbocycles. The van der Waals surface area contributed by atoms with Crippen molar-refractivity contribution in [2.24, 2.45) is 0 Å². The zero-order chi connectivity index (χ0) is 19.0. The maximum Gasteiger partial charge on any atom is 0.261 e. The average molecular weight is 355 g/mol. The zero-order valence-electron chi connectivity index (χ0n) is 14.2. The second-order valence-corrected chi connectivity index (χ2v) is 5.79. The van der Waals surface area contributed by atoms with Crippen LogP contribution in [0.25, 0.3) is 22.3 Å². The van der Waals surface area contributed by atoms with E-state index in [1.165, 1.54) is 11.9 Å². The van der Waals surface area contributed by atoms with Gasteiger partial charge in [0, 0.05) is 25.2 Å². The Bertz CT molecular complexity index is 1060. The van der Waals surface area contributed by atoms with Crippen molar-refractivity contribution in [2.75, 3.05) is 13.6 Å². The van der Waals surface area contributed by atoms with Gasteiger partial charge in [-0.15, -0.1) is 0 Å². The van der Waals surface area contributed by atoms with Gasteiger partial charge in [0.2, 0.25) is 11.2 Å². The maximum atomic E-state index is 12.6. The van der Waals surface area contributed by atoms with Gasteiger partial charge in [-0.25, -0.2) is 0 Å². The van der Waals surface area contributed by atoms with E-state index in [1.807, 2.05) is 0 Å². The van der Waals surface area contributed by atoms with Crippen LogP contribution < -0.4 is 5.43 Å². The number of hydrogen-bond donors (Lipinski definition) is 3. The quantitative estimate of drug-likeness (QED) is 0.666. The fraction of sp³-hybridized carbons (Fsp3) is 0.158. The number of phenols is 2. The first-order valence-electron chi connectivity index (χ1n) is 7.92. The molecule has 0 aliphatic heterocycles. The van der Waals surface area contributed by atoms with Crippen molar-refractivity contribution in [1.29, 1.82) is 0 Å². The highest BCUT2D eigenvalue weighted by molar-refractivity contribution is 6.05. The minimum absolute atomic E-state index is 0.0911. The topological polar surface area (TPSA) is 111 Å². The zero-order valence-corrected chi connectivity index (χ0v) is 14.2. The van der Waals surface area contributed by atoms with E-state index < -0.39 is 34.1 Å². The van der Waals surface area contributed by atoms with E-state index in [2.05, 4.69) is 0 Å². The molecular weight excluding hydrogens is 338 g/mol. The van der Waals surface area contributed by atoms with Gasteiger partial charge in [-0.2, -0.15) is 0 Å². The minimum atomic E-state index is -0.893.